The Labute approximate surface area is 122 Å². The summed E-state index contributed by atoms with van der Waals surface area (Å²) in [5.41, 5.74) is -0.489. The fourth-order valence-electron chi connectivity index (χ4n) is 2.54. The first-order valence-corrected chi connectivity index (χ1v) is 7.74. The van der Waals surface area contributed by atoms with Crippen molar-refractivity contribution in [3.8, 4) is 0 Å². The molecule has 1 aliphatic carbocycles. The summed E-state index contributed by atoms with van der Waals surface area (Å²) in [6.07, 6.45) is 6.97. The summed E-state index contributed by atoms with van der Waals surface area (Å²) in [5, 5.41) is 0. The van der Waals surface area contributed by atoms with Crippen LogP contribution in [-0.2, 0) is 9.53 Å². The molecule has 0 aromatic carbocycles. The number of hydrogen-bond acceptors (Lipinski definition) is 3. The lowest BCUT2D eigenvalue weighted by atomic mass is 9.85. The Balaban J connectivity index is 2.24. The molecule has 20 heavy (non-hydrogen) atoms. The number of hydrogen-bond donors (Lipinski definition) is 0. The number of carbonyl (C=O) groups excluding carboxylic acids is 2. The molecule has 1 rings (SSSR count). The minimum Gasteiger partial charge on any atom is -0.444 e. The third kappa shape index (κ3) is 6.92. The van der Waals surface area contributed by atoms with Gasteiger partial charge >= 0.3 is 6.09 Å². The molecule has 1 saturated carbocycles. The lowest BCUT2D eigenvalue weighted by Gasteiger charge is -2.25. The van der Waals surface area contributed by atoms with Gasteiger partial charge in [0.15, 0.2) is 0 Å². The van der Waals surface area contributed by atoms with Crippen LogP contribution in [0.2, 0.25) is 0 Å². The van der Waals surface area contributed by atoms with Crippen molar-refractivity contribution < 1.29 is 14.3 Å². The Morgan fingerprint density at radius 1 is 1.15 bits per heavy atom. The van der Waals surface area contributed by atoms with Gasteiger partial charge in [-0.15, -0.1) is 0 Å². The Morgan fingerprint density at radius 3 is 2.30 bits per heavy atom. The second-order valence-corrected chi connectivity index (χ2v) is 6.90. The topological polar surface area (TPSA) is 46.6 Å². The van der Waals surface area contributed by atoms with Crippen LogP contribution in [0.25, 0.3) is 0 Å². The van der Waals surface area contributed by atoms with E-state index in [-0.39, 0.29) is 11.9 Å². The first-order valence-electron chi connectivity index (χ1n) is 7.74. The number of rotatable bonds is 5. The zero-order valence-corrected chi connectivity index (χ0v) is 13.4. The normalized spacial score (nSPS) is 16.8. The van der Waals surface area contributed by atoms with Gasteiger partial charge in [-0.3, -0.25) is 4.79 Å². The van der Waals surface area contributed by atoms with Crippen LogP contribution in [0.15, 0.2) is 0 Å². The van der Waals surface area contributed by atoms with Crippen molar-refractivity contribution in [1.82, 2.24) is 4.90 Å². The molecule has 4 heteroatoms. The molecule has 0 bridgehead atoms. The van der Waals surface area contributed by atoms with Crippen LogP contribution in [0, 0.1) is 5.92 Å². The van der Waals surface area contributed by atoms with E-state index < -0.39 is 5.60 Å². The predicted octanol–water partition coefficient (Wildman–Crippen LogP) is 3.78. The summed E-state index contributed by atoms with van der Waals surface area (Å²) in [7, 11) is 1.68. The summed E-state index contributed by atoms with van der Waals surface area (Å²) in [6.45, 7) is 5.97. The molecule has 1 fully saturated rings. The molecule has 0 N–H and O–H groups in total. The standard InChI is InChI=1S/C16H29NO3/c1-16(2,3)20-15(19)17(4)11-10-14(18)12-13-8-6-5-7-9-13/h13H,5-12H2,1-4H3. The van der Waals surface area contributed by atoms with E-state index in [1.807, 2.05) is 20.8 Å². The molecule has 4 nitrogen and oxygen atoms in total. The van der Waals surface area contributed by atoms with Crippen molar-refractivity contribution in [2.75, 3.05) is 13.6 Å². The molecule has 0 atom stereocenters. The first kappa shape index (κ1) is 17.0. The molecule has 0 unspecified atom stereocenters. The summed E-state index contributed by atoms with van der Waals surface area (Å²) in [5.74, 6) is 0.843. The molecule has 0 aromatic rings. The van der Waals surface area contributed by atoms with Gasteiger partial charge in [0.1, 0.15) is 11.4 Å². The van der Waals surface area contributed by atoms with E-state index in [4.69, 9.17) is 4.74 Å². The minimum atomic E-state index is -0.489. The molecule has 0 aliphatic heterocycles. The lowest BCUT2D eigenvalue weighted by molar-refractivity contribution is -0.120. The molecule has 1 amide bonds. The minimum absolute atomic E-state index is 0.271. The number of carbonyl (C=O) groups is 2. The lowest BCUT2D eigenvalue weighted by Crippen LogP contribution is -2.35. The molecule has 0 radical (unpaired) electrons. The number of ketones is 1. The van der Waals surface area contributed by atoms with Crippen molar-refractivity contribution in [2.24, 2.45) is 5.92 Å². The molecule has 0 aromatic heterocycles. The van der Waals surface area contributed by atoms with Crippen molar-refractivity contribution in [3.05, 3.63) is 0 Å². The number of amides is 1. The van der Waals surface area contributed by atoms with E-state index in [2.05, 4.69) is 0 Å². The summed E-state index contributed by atoms with van der Waals surface area (Å²) >= 11 is 0. The van der Waals surface area contributed by atoms with Crippen LogP contribution in [-0.4, -0.2) is 36.0 Å². The predicted molar refractivity (Wildman–Crippen MR) is 79.7 cm³/mol. The Morgan fingerprint density at radius 2 is 1.75 bits per heavy atom. The monoisotopic (exact) mass is 283 g/mol. The van der Waals surface area contributed by atoms with Gasteiger partial charge in [0, 0.05) is 26.4 Å². The second-order valence-electron chi connectivity index (χ2n) is 6.90. The summed E-state index contributed by atoms with van der Waals surface area (Å²) in [6, 6.07) is 0. The zero-order chi connectivity index (χ0) is 15.2. The fourth-order valence-corrected chi connectivity index (χ4v) is 2.54. The summed E-state index contributed by atoms with van der Waals surface area (Å²) < 4.78 is 5.26. The van der Waals surface area contributed by atoms with E-state index >= 15 is 0 Å². The molecule has 116 valence electrons. The highest BCUT2D eigenvalue weighted by Crippen LogP contribution is 2.26. The van der Waals surface area contributed by atoms with Crippen molar-refractivity contribution in [2.45, 2.75) is 71.3 Å². The quantitative estimate of drug-likeness (QED) is 0.771. The van der Waals surface area contributed by atoms with E-state index in [9.17, 15) is 9.59 Å². The van der Waals surface area contributed by atoms with Gasteiger partial charge in [-0.2, -0.15) is 0 Å². The van der Waals surface area contributed by atoms with Crippen molar-refractivity contribution >= 4 is 11.9 Å². The molecular formula is C16H29NO3. The highest BCUT2D eigenvalue weighted by Gasteiger charge is 2.21. The number of nitrogens with zero attached hydrogens (tertiary/aromatic N) is 1. The third-order valence-corrected chi connectivity index (χ3v) is 3.67. The maximum atomic E-state index is 11.9. The Bertz CT molecular complexity index is 327. The van der Waals surface area contributed by atoms with Crippen molar-refractivity contribution in [3.63, 3.8) is 0 Å². The summed E-state index contributed by atoms with van der Waals surface area (Å²) in [4.78, 5) is 25.2. The number of ether oxygens (including phenoxy) is 1. The highest BCUT2D eigenvalue weighted by atomic mass is 16.6. The van der Waals surface area contributed by atoms with Gasteiger partial charge in [-0.1, -0.05) is 32.1 Å². The van der Waals surface area contributed by atoms with Crippen LogP contribution < -0.4 is 0 Å². The Kier molecular flexibility index (Phi) is 6.50. The first-order chi connectivity index (χ1) is 9.28. The maximum Gasteiger partial charge on any atom is 0.410 e. The van der Waals surface area contributed by atoms with Crippen LogP contribution in [0.3, 0.4) is 0 Å². The van der Waals surface area contributed by atoms with Crippen LogP contribution in [0.1, 0.15) is 65.7 Å². The number of Topliss-reactive ketones (excluding diaryl/α,β-unsaturated/α-hetero) is 1. The maximum absolute atomic E-state index is 11.9. The van der Waals surface area contributed by atoms with Gasteiger partial charge in [-0.05, 0) is 26.7 Å². The molecule has 1 aliphatic rings. The van der Waals surface area contributed by atoms with Gasteiger partial charge in [0.05, 0.1) is 0 Å². The highest BCUT2D eigenvalue weighted by molar-refractivity contribution is 5.79. The molecule has 0 saturated heterocycles. The van der Waals surface area contributed by atoms with Crippen molar-refractivity contribution in [1.29, 1.82) is 0 Å². The average Bonchev–Trinajstić information content (AvgIpc) is 2.35. The van der Waals surface area contributed by atoms with Gasteiger partial charge in [0.25, 0.3) is 0 Å². The average molecular weight is 283 g/mol. The van der Waals surface area contributed by atoms with Gasteiger partial charge in [-0.25, -0.2) is 4.79 Å². The fraction of sp³-hybridized carbons (Fsp3) is 0.875. The largest absolute Gasteiger partial charge is 0.444 e. The van der Waals surface area contributed by atoms with Gasteiger partial charge < -0.3 is 9.64 Å². The molecule has 0 spiro atoms. The van der Waals surface area contributed by atoms with E-state index in [0.29, 0.717) is 25.3 Å². The van der Waals surface area contributed by atoms with Crippen LogP contribution >= 0.6 is 0 Å². The molecular weight excluding hydrogens is 254 g/mol. The van der Waals surface area contributed by atoms with Gasteiger partial charge in [0.2, 0.25) is 0 Å². The SMILES string of the molecule is CN(CCC(=O)CC1CCCCC1)C(=O)OC(C)(C)C. The van der Waals surface area contributed by atoms with E-state index in [0.717, 1.165) is 0 Å². The van der Waals surface area contributed by atoms with E-state index in [1.54, 1.807) is 7.05 Å². The van der Waals surface area contributed by atoms with Crippen LogP contribution in [0.4, 0.5) is 4.79 Å². The molecule has 0 heterocycles. The van der Waals surface area contributed by atoms with Crippen LogP contribution in [0.5, 0.6) is 0 Å². The Hall–Kier alpha value is -1.06. The zero-order valence-electron chi connectivity index (χ0n) is 13.4. The van der Waals surface area contributed by atoms with E-state index in [1.165, 1.54) is 37.0 Å². The third-order valence-electron chi connectivity index (χ3n) is 3.67. The second kappa shape index (κ2) is 7.65. The smallest absolute Gasteiger partial charge is 0.410 e.